The van der Waals surface area contributed by atoms with Crippen LogP contribution >= 0.6 is 0 Å². The summed E-state index contributed by atoms with van der Waals surface area (Å²) in [6.45, 7) is 3.42. The van der Waals surface area contributed by atoms with E-state index >= 15 is 0 Å². The first-order valence-electron chi connectivity index (χ1n) is 8.22. The fraction of sp³-hybridized carbons (Fsp3) is 0.250. The van der Waals surface area contributed by atoms with Crippen LogP contribution in [0.2, 0.25) is 0 Å². The standard InChI is InChI=1S/C20H20N2O2/c1-13-6-7-17-15(10-20(23)24-19(17)8-13)11-22-12-16(21)9-14-4-2-3-5-18(14)22/h2-8,10,16H,9,11-12,21H2,1H3. The third kappa shape index (κ3) is 2.69. The minimum absolute atomic E-state index is 0.105. The SMILES string of the molecule is Cc1ccc2c(CN3CC(N)Cc4ccccc43)cc(=O)oc2c1. The summed E-state index contributed by atoms with van der Waals surface area (Å²) in [5, 5.41) is 0.983. The molecule has 0 amide bonds. The second-order valence-electron chi connectivity index (χ2n) is 6.56. The lowest BCUT2D eigenvalue weighted by Gasteiger charge is -2.34. The number of para-hydroxylation sites is 1. The molecule has 3 aromatic rings. The lowest BCUT2D eigenvalue weighted by atomic mass is 9.97. The highest BCUT2D eigenvalue weighted by Gasteiger charge is 2.22. The number of anilines is 1. The molecule has 4 nitrogen and oxygen atoms in total. The Morgan fingerprint density at radius 3 is 2.92 bits per heavy atom. The molecule has 0 aliphatic carbocycles. The van der Waals surface area contributed by atoms with E-state index in [2.05, 4.69) is 17.0 Å². The highest BCUT2D eigenvalue weighted by molar-refractivity contribution is 5.81. The fourth-order valence-electron chi connectivity index (χ4n) is 3.54. The van der Waals surface area contributed by atoms with Gasteiger partial charge >= 0.3 is 5.63 Å². The van der Waals surface area contributed by atoms with Crippen LogP contribution in [0.4, 0.5) is 5.69 Å². The molecule has 1 atom stereocenters. The number of benzene rings is 2. The van der Waals surface area contributed by atoms with Gasteiger partial charge in [-0.25, -0.2) is 4.79 Å². The van der Waals surface area contributed by atoms with Crippen LogP contribution in [0.25, 0.3) is 11.0 Å². The number of fused-ring (bicyclic) bond motifs is 2. The van der Waals surface area contributed by atoms with Crippen molar-refractivity contribution in [3.63, 3.8) is 0 Å². The predicted octanol–water partition coefficient (Wildman–Crippen LogP) is 2.99. The van der Waals surface area contributed by atoms with Crippen LogP contribution in [-0.2, 0) is 13.0 Å². The van der Waals surface area contributed by atoms with E-state index in [-0.39, 0.29) is 11.7 Å². The Morgan fingerprint density at radius 2 is 2.04 bits per heavy atom. The van der Waals surface area contributed by atoms with Gasteiger partial charge < -0.3 is 15.1 Å². The summed E-state index contributed by atoms with van der Waals surface area (Å²) in [4.78, 5) is 14.2. The van der Waals surface area contributed by atoms with Crippen LogP contribution < -0.4 is 16.3 Å². The molecule has 0 radical (unpaired) electrons. The Morgan fingerprint density at radius 1 is 1.21 bits per heavy atom. The van der Waals surface area contributed by atoms with E-state index in [1.54, 1.807) is 6.07 Å². The van der Waals surface area contributed by atoms with Crippen molar-refractivity contribution in [2.75, 3.05) is 11.4 Å². The van der Waals surface area contributed by atoms with Gasteiger partial charge in [-0.1, -0.05) is 30.3 Å². The maximum atomic E-state index is 12.0. The van der Waals surface area contributed by atoms with E-state index in [1.165, 1.54) is 11.3 Å². The van der Waals surface area contributed by atoms with E-state index in [1.807, 2.05) is 37.3 Å². The summed E-state index contributed by atoms with van der Waals surface area (Å²) >= 11 is 0. The average Bonchev–Trinajstić information content (AvgIpc) is 2.54. The molecule has 4 heteroatoms. The van der Waals surface area contributed by atoms with Crippen molar-refractivity contribution in [3.05, 3.63) is 75.6 Å². The predicted molar refractivity (Wildman–Crippen MR) is 96.4 cm³/mol. The smallest absolute Gasteiger partial charge is 0.336 e. The molecule has 1 aliphatic rings. The summed E-state index contributed by atoms with van der Waals surface area (Å²) < 4.78 is 5.36. The molecule has 2 aromatic carbocycles. The molecule has 0 saturated heterocycles. The second kappa shape index (κ2) is 5.80. The molecule has 1 aromatic heterocycles. The first-order valence-corrected chi connectivity index (χ1v) is 8.22. The molecule has 2 heterocycles. The summed E-state index contributed by atoms with van der Waals surface area (Å²) in [5.74, 6) is 0. The summed E-state index contributed by atoms with van der Waals surface area (Å²) in [6.07, 6.45) is 0.892. The maximum absolute atomic E-state index is 12.0. The van der Waals surface area contributed by atoms with Crippen molar-refractivity contribution in [1.29, 1.82) is 0 Å². The summed E-state index contributed by atoms with van der Waals surface area (Å²) in [7, 11) is 0. The lowest BCUT2D eigenvalue weighted by Crippen LogP contribution is -2.43. The Bertz CT molecular complexity index is 961. The molecule has 0 bridgehead atoms. The van der Waals surface area contributed by atoms with Crippen LogP contribution in [0.15, 0.2) is 57.7 Å². The number of rotatable bonds is 2. The largest absolute Gasteiger partial charge is 0.423 e. The number of nitrogens with two attached hydrogens (primary N) is 1. The van der Waals surface area contributed by atoms with Gasteiger partial charge in [-0.2, -0.15) is 0 Å². The van der Waals surface area contributed by atoms with Crippen molar-refractivity contribution in [2.24, 2.45) is 5.73 Å². The first-order chi connectivity index (χ1) is 11.6. The highest BCUT2D eigenvalue weighted by atomic mass is 16.4. The van der Waals surface area contributed by atoms with E-state index in [9.17, 15) is 4.79 Å². The highest BCUT2D eigenvalue weighted by Crippen LogP contribution is 2.29. The van der Waals surface area contributed by atoms with Gasteiger partial charge in [0, 0.05) is 36.3 Å². The quantitative estimate of drug-likeness (QED) is 0.738. The zero-order valence-electron chi connectivity index (χ0n) is 13.7. The average molecular weight is 320 g/mol. The van der Waals surface area contributed by atoms with Gasteiger partial charge in [-0.05, 0) is 42.2 Å². The summed E-state index contributed by atoms with van der Waals surface area (Å²) in [6, 6.07) is 16.0. The van der Waals surface area contributed by atoms with Crippen LogP contribution in [0.1, 0.15) is 16.7 Å². The van der Waals surface area contributed by atoms with E-state index in [0.717, 1.165) is 29.5 Å². The molecule has 24 heavy (non-hydrogen) atoms. The zero-order chi connectivity index (χ0) is 16.7. The molecular weight excluding hydrogens is 300 g/mol. The van der Waals surface area contributed by atoms with Gasteiger partial charge in [-0.15, -0.1) is 0 Å². The van der Waals surface area contributed by atoms with Crippen LogP contribution in [-0.4, -0.2) is 12.6 Å². The number of hydrogen-bond acceptors (Lipinski definition) is 4. The second-order valence-corrected chi connectivity index (χ2v) is 6.56. The van der Waals surface area contributed by atoms with Crippen molar-refractivity contribution in [3.8, 4) is 0 Å². The number of hydrogen-bond donors (Lipinski definition) is 1. The van der Waals surface area contributed by atoms with E-state index < -0.39 is 0 Å². The fourth-order valence-corrected chi connectivity index (χ4v) is 3.54. The Hall–Kier alpha value is -2.59. The monoisotopic (exact) mass is 320 g/mol. The zero-order valence-corrected chi connectivity index (χ0v) is 13.7. The van der Waals surface area contributed by atoms with Crippen molar-refractivity contribution < 1.29 is 4.42 Å². The van der Waals surface area contributed by atoms with Crippen molar-refractivity contribution in [1.82, 2.24) is 0 Å². The van der Waals surface area contributed by atoms with Crippen molar-refractivity contribution in [2.45, 2.75) is 25.9 Å². The maximum Gasteiger partial charge on any atom is 0.336 e. The molecule has 1 unspecified atom stereocenters. The van der Waals surface area contributed by atoms with Crippen LogP contribution in [0.3, 0.4) is 0 Å². The Balaban J connectivity index is 1.79. The molecule has 4 rings (SSSR count). The Labute approximate surface area is 140 Å². The molecule has 0 saturated carbocycles. The summed E-state index contributed by atoms with van der Waals surface area (Å²) in [5.41, 5.74) is 11.1. The third-order valence-electron chi connectivity index (χ3n) is 4.62. The number of aryl methyl sites for hydroxylation is 1. The molecule has 1 aliphatic heterocycles. The van der Waals surface area contributed by atoms with Gasteiger partial charge in [0.25, 0.3) is 0 Å². The number of nitrogens with zero attached hydrogens (tertiary/aromatic N) is 1. The topological polar surface area (TPSA) is 59.5 Å². The lowest BCUT2D eigenvalue weighted by molar-refractivity contribution is 0.556. The third-order valence-corrected chi connectivity index (χ3v) is 4.62. The molecule has 122 valence electrons. The minimum Gasteiger partial charge on any atom is -0.423 e. The van der Waals surface area contributed by atoms with Crippen LogP contribution in [0.5, 0.6) is 0 Å². The van der Waals surface area contributed by atoms with Gasteiger partial charge in [0.2, 0.25) is 0 Å². The Kier molecular flexibility index (Phi) is 3.62. The first kappa shape index (κ1) is 15.0. The van der Waals surface area contributed by atoms with Gasteiger partial charge in [-0.3, -0.25) is 0 Å². The van der Waals surface area contributed by atoms with Gasteiger partial charge in [0.1, 0.15) is 5.58 Å². The molecular formula is C20H20N2O2. The normalized spacial score (nSPS) is 17.1. The minimum atomic E-state index is -0.308. The van der Waals surface area contributed by atoms with Crippen molar-refractivity contribution >= 4 is 16.7 Å². The van der Waals surface area contributed by atoms with Gasteiger partial charge in [0.05, 0.1) is 0 Å². The molecule has 2 N–H and O–H groups in total. The van der Waals surface area contributed by atoms with Gasteiger partial charge in [0.15, 0.2) is 0 Å². The van der Waals surface area contributed by atoms with E-state index in [4.69, 9.17) is 10.2 Å². The molecule has 0 spiro atoms. The van der Waals surface area contributed by atoms with Crippen LogP contribution in [0, 0.1) is 6.92 Å². The molecule has 0 fully saturated rings. The van der Waals surface area contributed by atoms with E-state index in [0.29, 0.717) is 12.1 Å².